The lowest BCUT2D eigenvalue weighted by Crippen LogP contribution is -2.38. The zero-order valence-corrected chi connectivity index (χ0v) is 22.4. The van der Waals surface area contributed by atoms with Crippen LogP contribution in [0.3, 0.4) is 0 Å². The number of nitrogens with zero attached hydrogens (tertiary/aromatic N) is 2. The molecule has 0 radical (unpaired) electrons. The number of morpholine rings is 1. The Bertz CT molecular complexity index is 1240. The third-order valence-electron chi connectivity index (χ3n) is 6.86. The lowest BCUT2D eigenvalue weighted by molar-refractivity contribution is -0.140. The maximum Gasteiger partial charge on any atom is 0.295 e. The minimum atomic E-state index is -0.786. The number of primary amides is 1. The van der Waals surface area contributed by atoms with Crippen LogP contribution in [-0.2, 0) is 19.1 Å². The van der Waals surface area contributed by atoms with Crippen LogP contribution in [0.25, 0.3) is 5.76 Å². The summed E-state index contributed by atoms with van der Waals surface area (Å²) in [5, 5.41) is 11.4. The van der Waals surface area contributed by atoms with Crippen molar-refractivity contribution in [2.75, 3.05) is 52.6 Å². The van der Waals surface area contributed by atoms with Gasteiger partial charge in [0.2, 0.25) is 0 Å². The largest absolute Gasteiger partial charge is 0.507 e. The third kappa shape index (κ3) is 6.58. The lowest BCUT2D eigenvalue weighted by atomic mass is 9.93. The average molecular weight is 538 g/mol. The van der Waals surface area contributed by atoms with Gasteiger partial charge in [0.05, 0.1) is 31.4 Å². The first kappa shape index (κ1) is 28.1. The molecule has 0 spiro atoms. The minimum absolute atomic E-state index is 0.0319. The molecule has 10 nitrogen and oxygen atoms in total. The van der Waals surface area contributed by atoms with Crippen LogP contribution < -0.4 is 15.2 Å². The molecular weight excluding hydrogens is 502 g/mol. The molecule has 0 saturated carbocycles. The molecule has 1 unspecified atom stereocenters. The molecule has 2 saturated heterocycles. The first-order valence-corrected chi connectivity index (χ1v) is 13.1. The Kier molecular flexibility index (Phi) is 9.21. The van der Waals surface area contributed by atoms with Crippen LogP contribution in [0, 0.1) is 6.92 Å². The van der Waals surface area contributed by atoms with E-state index in [1.54, 1.807) is 42.5 Å². The van der Waals surface area contributed by atoms with Gasteiger partial charge in [-0.15, -0.1) is 0 Å². The number of aliphatic hydroxyl groups excluding tert-OH is 1. The van der Waals surface area contributed by atoms with Gasteiger partial charge in [-0.3, -0.25) is 19.3 Å². The second-order valence-corrected chi connectivity index (χ2v) is 9.53. The van der Waals surface area contributed by atoms with E-state index >= 15 is 0 Å². The standard InChI is InChI=1S/C29H35N3O7/c1-3-38-22-9-10-23(19(2)17-22)27(34)25-26(20-5-7-21(8-6-20)39-18-24(30)33)32(29(36)28(25)35)12-4-11-31-13-15-37-16-14-31/h5-10,17,26,34H,3-4,11-16,18H2,1-2H3,(H2,30,33). The molecule has 2 aliphatic heterocycles. The molecule has 208 valence electrons. The highest BCUT2D eigenvalue weighted by molar-refractivity contribution is 6.46. The summed E-state index contributed by atoms with van der Waals surface area (Å²) < 4.78 is 16.3. The van der Waals surface area contributed by atoms with Gasteiger partial charge >= 0.3 is 0 Å². The number of ketones is 1. The zero-order valence-electron chi connectivity index (χ0n) is 22.4. The molecule has 2 aromatic carbocycles. The second-order valence-electron chi connectivity index (χ2n) is 9.53. The minimum Gasteiger partial charge on any atom is -0.507 e. The van der Waals surface area contributed by atoms with Crippen molar-refractivity contribution in [3.63, 3.8) is 0 Å². The van der Waals surface area contributed by atoms with Crippen molar-refractivity contribution in [3.8, 4) is 11.5 Å². The van der Waals surface area contributed by atoms with Gasteiger partial charge in [0.25, 0.3) is 17.6 Å². The number of benzene rings is 2. The van der Waals surface area contributed by atoms with E-state index in [1.165, 1.54) is 4.90 Å². The van der Waals surface area contributed by atoms with Crippen LogP contribution in [0.15, 0.2) is 48.0 Å². The number of hydrogen-bond donors (Lipinski definition) is 2. The van der Waals surface area contributed by atoms with E-state index in [9.17, 15) is 19.5 Å². The second kappa shape index (κ2) is 12.8. The third-order valence-corrected chi connectivity index (χ3v) is 6.86. The Balaban J connectivity index is 1.67. The highest BCUT2D eigenvalue weighted by atomic mass is 16.5. The molecule has 2 heterocycles. The predicted octanol–water partition coefficient (Wildman–Crippen LogP) is 2.40. The number of Topliss-reactive ketones (excluding diaryl/α,β-unsaturated/α-hetero) is 1. The summed E-state index contributed by atoms with van der Waals surface area (Å²) in [7, 11) is 0. The number of rotatable bonds is 11. The number of amides is 2. The quantitative estimate of drug-likeness (QED) is 0.254. The summed E-state index contributed by atoms with van der Waals surface area (Å²) in [5.41, 5.74) is 7.00. The van der Waals surface area contributed by atoms with E-state index in [4.69, 9.17) is 19.9 Å². The lowest BCUT2D eigenvalue weighted by Gasteiger charge is -2.29. The van der Waals surface area contributed by atoms with Crippen molar-refractivity contribution in [2.45, 2.75) is 26.3 Å². The van der Waals surface area contributed by atoms with E-state index < -0.39 is 23.6 Å². The van der Waals surface area contributed by atoms with E-state index in [-0.39, 0.29) is 17.9 Å². The fraction of sp³-hybridized carbons (Fsp3) is 0.414. The number of aryl methyl sites for hydroxylation is 1. The summed E-state index contributed by atoms with van der Waals surface area (Å²) in [6, 6.07) is 11.2. The number of carbonyl (C=O) groups is 3. The van der Waals surface area contributed by atoms with Crippen LogP contribution in [0.4, 0.5) is 0 Å². The Morgan fingerprint density at radius 3 is 2.38 bits per heavy atom. The van der Waals surface area contributed by atoms with Gasteiger partial charge in [0.1, 0.15) is 17.3 Å². The van der Waals surface area contributed by atoms with Gasteiger partial charge in [0.15, 0.2) is 6.61 Å². The summed E-state index contributed by atoms with van der Waals surface area (Å²) >= 11 is 0. The van der Waals surface area contributed by atoms with Crippen molar-refractivity contribution < 1.29 is 33.7 Å². The molecule has 0 aromatic heterocycles. The highest BCUT2D eigenvalue weighted by Gasteiger charge is 2.46. The number of nitrogens with two attached hydrogens (primary N) is 1. The maximum absolute atomic E-state index is 13.4. The molecule has 2 aliphatic rings. The Hall–Kier alpha value is -3.89. The number of ether oxygens (including phenoxy) is 3. The van der Waals surface area contributed by atoms with Gasteiger partial charge < -0.3 is 30.0 Å². The van der Waals surface area contributed by atoms with Crippen LogP contribution in [0.2, 0.25) is 0 Å². The molecule has 2 aromatic rings. The van der Waals surface area contributed by atoms with E-state index in [2.05, 4.69) is 4.90 Å². The Labute approximate surface area is 227 Å². The van der Waals surface area contributed by atoms with Crippen LogP contribution in [-0.4, -0.2) is 85.1 Å². The summed E-state index contributed by atoms with van der Waals surface area (Å²) in [4.78, 5) is 41.5. The number of hydrogen-bond acceptors (Lipinski definition) is 8. The molecule has 3 N–H and O–H groups in total. The summed E-state index contributed by atoms with van der Waals surface area (Å²) in [6.07, 6.45) is 0.658. The van der Waals surface area contributed by atoms with Crippen molar-refractivity contribution in [1.82, 2.24) is 9.80 Å². The maximum atomic E-state index is 13.4. The molecule has 2 fully saturated rings. The van der Waals surface area contributed by atoms with Crippen molar-refractivity contribution in [2.24, 2.45) is 5.73 Å². The van der Waals surface area contributed by atoms with Gasteiger partial charge in [-0.05, 0) is 61.7 Å². The predicted molar refractivity (Wildman–Crippen MR) is 144 cm³/mol. The molecule has 0 aliphatic carbocycles. The van der Waals surface area contributed by atoms with Crippen LogP contribution in [0.1, 0.15) is 36.1 Å². The molecule has 10 heteroatoms. The normalized spacial score (nSPS) is 19.3. The Morgan fingerprint density at radius 1 is 1.05 bits per heavy atom. The van der Waals surface area contributed by atoms with Crippen LogP contribution >= 0.6 is 0 Å². The first-order valence-electron chi connectivity index (χ1n) is 13.1. The smallest absolute Gasteiger partial charge is 0.295 e. The van der Waals surface area contributed by atoms with Gasteiger partial charge in [-0.1, -0.05) is 12.1 Å². The summed E-state index contributed by atoms with van der Waals surface area (Å²) in [5.74, 6) is -1.14. The molecule has 1 atom stereocenters. The highest BCUT2D eigenvalue weighted by Crippen LogP contribution is 2.40. The monoisotopic (exact) mass is 537 g/mol. The molecule has 0 bridgehead atoms. The van der Waals surface area contributed by atoms with Gasteiger partial charge in [-0.25, -0.2) is 0 Å². The fourth-order valence-electron chi connectivity index (χ4n) is 4.95. The van der Waals surface area contributed by atoms with Crippen molar-refractivity contribution in [3.05, 3.63) is 64.7 Å². The van der Waals surface area contributed by atoms with Gasteiger partial charge in [-0.2, -0.15) is 0 Å². The van der Waals surface area contributed by atoms with Crippen molar-refractivity contribution in [1.29, 1.82) is 0 Å². The molecule has 4 rings (SSSR count). The number of aliphatic hydroxyl groups is 1. The van der Waals surface area contributed by atoms with E-state index in [0.29, 0.717) is 61.0 Å². The number of likely N-dealkylation sites (tertiary alicyclic amines) is 1. The first-order chi connectivity index (χ1) is 18.8. The van der Waals surface area contributed by atoms with Crippen LogP contribution in [0.5, 0.6) is 11.5 Å². The number of carbonyl (C=O) groups excluding carboxylic acids is 3. The Morgan fingerprint density at radius 2 is 1.74 bits per heavy atom. The zero-order chi connectivity index (χ0) is 27.9. The van der Waals surface area contributed by atoms with E-state index in [0.717, 1.165) is 19.6 Å². The molecular formula is C29H35N3O7. The topological polar surface area (TPSA) is 132 Å². The molecule has 2 amide bonds. The van der Waals surface area contributed by atoms with E-state index in [1.807, 2.05) is 13.8 Å². The SMILES string of the molecule is CCOc1ccc(C(O)=C2C(=O)C(=O)N(CCCN3CCOCC3)C2c2ccc(OCC(N)=O)cc2)c(C)c1. The van der Waals surface area contributed by atoms with Crippen molar-refractivity contribution >= 4 is 23.4 Å². The summed E-state index contributed by atoms with van der Waals surface area (Å²) in [6.45, 7) is 8.03. The van der Waals surface area contributed by atoms with Gasteiger partial charge in [0, 0.05) is 31.7 Å². The average Bonchev–Trinajstić information content (AvgIpc) is 3.18. The molecule has 39 heavy (non-hydrogen) atoms. The fourth-order valence-corrected chi connectivity index (χ4v) is 4.95.